The molecule has 0 bridgehead atoms. The maximum Gasteiger partial charge on any atom is 0.132 e. The highest BCUT2D eigenvalue weighted by Crippen LogP contribution is 2.26. The zero-order chi connectivity index (χ0) is 15.1. The Morgan fingerprint density at radius 2 is 1.71 bits per heavy atom. The van der Waals surface area contributed by atoms with Crippen molar-refractivity contribution >= 4 is 0 Å². The van der Waals surface area contributed by atoms with Crippen LogP contribution in [0.15, 0.2) is 42.5 Å². The zero-order valence-electron chi connectivity index (χ0n) is 11.7. The smallest absolute Gasteiger partial charge is 0.132 e. The van der Waals surface area contributed by atoms with E-state index in [4.69, 9.17) is 9.47 Å². The van der Waals surface area contributed by atoms with Gasteiger partial charge in [-0.15, -0.1) is 0 Å². The van der Waals surface area contributed by atoms with Crippen LogP contribution in [0.5, 0.6) is 11.5 Å². The predicted octanol–water partition coefficient (Wildman–Crippen LogP) is 3.49. The number of ether oxygens (including phenoxy) is 2. The fourth-order valence-electron chi connectivity index (χ4n) is 1.81. The highest BCUT2D eigenvalue weighted by atomic mass is 19.1. The molecule has 0 amide bonds. The van der Waals surface area contributed by atoms with E-state index in [1.165, 1.54) is 36.4 Å². The molecule has 0 radical (unpaired) electrons. The highest BCUT2D eigenvalue weighted by molar-refractivity contribution is 5.38. The van der Waals surface area contributed by atoms with Gasteiger partial charge in [0.05, 0.1) is 6.61 Å². The molecule has 21 heavy (non-hydrogen) atoms. The van der Waals surface area contributed by atoms with Crippen LogP contribution < -0.4 is 10.1 Å². The van der Waals surface area contributed by atoms with Crippen LogP contribution in [0.1, 0.15) is 5.56 Å². The van der Waals surface area contributed by atoms with Crippen molar-refractivity contribution < 1.29 is 18.3 Å². The van der Waals surface area contributed by atoms with Crippen LogP contribution in [0.25, 0.3) is 0 Å². The van der Waals surface area contributed by atoms with E-state index in [-0.39, 0.29) is 11.6 Å². The van der Waals surface area contributed by atoms with Crippen molar-refractivity contribution in [3.05, 3.63) is 59.7 Å². The molecule has 0 fully saturated rings. The average Bonchev–Trinajstić information content (AvgIpc) is 2.48. The number of hydrogen-bond donors (Lipinski definition) is 1. The molecule has 5 heteroatoms. The highest BCUT2D eigenvalue weighted by Gasteiger charge is 2.07. The van der Waals surface area contributed by atoms with Crippen LogP contribution in [0, 0.1) is 11.6 Å². The fraction of sp³-hybridized carbons (Fsp3) is 0.250. The fourth-order valence-corrected chi connectivity index (χ4v) is 1.81. The molecule has 112 valence electrons. The molecule has 0 heterocycles. The van der Waals surface area contributed by atoms with Gasteiger partial charge in [-0.3, -0.25) is 0 Å². The van der Waals surface area contributed by atoms with E-state index in [2.05, 4.69) is 5.32 Å². The Labute approximate surface area is 122 Å². The minimum atomic E-state index is -0.331. The lowest BCUT2D eigenvalue weighted by Crippen LogP contribution is -2.19. The molecule has 0 spiro atoms. The molecule has 0 aliphatic heterocycles. The summed E-state index contributed by atoms with van der Waals surface area (Å²) in [6, 6.07) is 9.99. The molecule has 2 aromatic rings. The van der Waals surface area contributed by atoms with Crippen LogP contribution in [0.2, 0.25) is 0 Å². The molecule has 0 aromatic heterocycles. The molecule has 0 unspecified atom stereocenters. The van der Waals surface area contributed by atoms with Crippen molar-refractivity contribution in [1.29, 1.82) is 0 Å². The minimum Gasteiger partial charge on any atom is -0.457 e. The van der Waals surface area contributed by atoms with Crippen molar-refractivity contribution in [3.63, 3.8) is 0 Å². The quantitative estimate of drug-likeness (QED) is 0.793. The van der Waals surface area contributed by atoms with E-state index in [0.29, 0.717) is 36.8 Å². The van der Waals surface area contributed by atoms with Gasteiger partial charge in [0.2, 0.25) is 0 Å². The predicted molar refractivity (Wildman–Crippen MR) is 76.5 cm³/mol. The maximum absolute atomic E-state index is 13.4. The summed E-state index contributed by atoms with van der Waals surface area (Å²) in [5.41, 5.74) is 0.690. The number of methoxy groups -OCH3 is 1. The third-order valence-electron chi connectivity index (χ3n) is 2.86. The second kappa shape index (κ2) is 7.71. The standard InChI is InChI=1S/C16H17F2NO2/c1-20-9-8-19-11-12-10-14(18)4-7-16(12)21-15-5-2-13(17)3-6-15/h2-7,10,19H,8-9,11H2,1H3. The first-order valence-corrected chi connectivity index (χ1v) is 6.60. The lowest BCUT2D eigenvalue weighted by atomic mass is 10.2. The SMILES string of the molecule is COCCNCc1cc(F)ccc1Oc1ccc(F)cc1. The second-order valence-corrected chi connectivity index (χ2v) is 4.48. The normalized spacial score (nSPS) is 10.6. The first-order valence-electron chi connectivity index (χ1n) is 6.60. The van der Waals surface area contributed by atoms with Crippen LogP contribution in [0.4, 0.5) is 8.78 Å². The monoisotopic (exact) mass is 293 g/mol. The van der Waals surface area contributed by atoms with Gasteiger partial charge >= 0.3 is 0 Å². The van der Waals surface area contributed by atoms with Crippen molar-refractivity contribution in [1.82, 2.24) is 5.32 Å². The molecule has 0 aliphatic carbocycles. The second-order valence-electron chi connectivity index (χ2n) is 4.48. The minimum absolute atomic E-state index is 0.329. The summed E-state index contributed by atoms with van der Waals surface area (Å²) in [4.78, 5) is 0. The molecular weight excluding hydrogens is 276 g/mol. The molecule has 2 rings (SSSR count). The van der Waals surface area contributed by atoms with Gasteiger partial charge in [-0.2, -0.15) is 0 Å². The molecule has 3 nitrogen and oxygen atoms in total. The van der Waals surface area contributed by atoms with Crippen molar-refractivity contribution in [2.24, 2.45) is 0 Å². The van der Waals surface area contributed by atoms with E-state index < -0.39 is 0 Å². The van der Waals surface area contributed by atoms with Gasteiger partial charge < -0.3 is 14.8 Å². The Hall–Kier alpha value is -1.98. The van der Waals surface area contributed by atoms with Crippen LogP contribution >= 0.6 is 0 Å². The summed E-state index contributed by atoms with van der Waals surface area (Å²) < 4.78 is 36.8. The Bertz CT molecular complexity index is 573. The van der Waals surface area contributed by atoms with Crippen molar-refractivity contribution in [2.45, 2.75) is 6.54 Å². The number of rotatable bonds is 7. The first kappa shape index (κ1) is 15.4. The van der Waals surface area contributed by atoms with Gasteiger partial charge in [-0.25, -0.2) is 8.78 Å². The van der Waals surface area contributed by atoms with E-state index in [1.807, 2.05) is 0 Å². The summed E-state index contributed by atoms with van der Waals surface area (Å²) in [6.07, 6.45) is 0. The van der Waals surface area contributed by atoms with E-state index >= 15 is 0 Å². The van der Waals surface area contributed by atoms with Gasteiger partial charge in [0.1, 0.15) is 23.1 Å². The number of benzene rings is 2. The van der Waals surface area contributed by atoms with E-state index in [9.17, 15) is 8.78 Å². The van der Waals surface area contributed by atoms with Gasteiger partial charge in [0.25, 0.3) is 0 Å². The molecule has 2 aromatic carbocycles. The van der Waals surface area contributed by atoms with E-state index in [1.54, 1.807) is 13.2 Å². The summed E-state index contributed by atoms with van der Waals surface area (Å²) in [5.74, 6) is 0.377. The van der Waals surface area contributed by atoms with E-state index in [0.717, 1.165) is 0 Å². The Morgan fingerprint density at radius 3 is 2.43 bits per heavy atom. The molecule has 0 aliphatic rings. The molecule has 0 atom stereocenters. The molecular formula is C16H17F2NO2. The summed E-state index contributed by atoms with van der Waals surface area (Å²) >= 11 is 0. The van der Waals surface area contributed by atoms with Gasteiger partial charge in [0.15, 0.2) is 0 Å². The number of nitrogens with one attached hydrogen (secondary N) is 1. The third kappa shape index (κ3) is 4.81. The molecule has 1 N–H and O–H groups in total. The zero-order valence-corrected chi connectivity index (χ0v) is 11.7. The van der Waals surface area contributed by atoms with Crippen molar-refractivity contribution in [3.8, 4) is 11.5 Å². The lowest BCUT2D eigenvalue weighted by molar-refractivity contribution is 0.199. The lowest BCUT2D eigenvalue weighted by Gasteiger charge is -2.12. The average molecular weight is 293 g/mol. The van der Waals surface area contributed by atoms with Gasteiger partial charge in [-0.05, 0) is 42.5 Å². The third-order valence-corrected chi connectivity index (χ3v) is 2.86. The van der Waals surface area contributed by atoms with Crippen LogP contribution in [0.3, 0.4) is 0 Å². The van der Waals surface area contributed by atoms with Crippen LogP contribution in [-0.2, 0) is 11.3 Å². The largest absolute Gasteiger partial charge is 0.457 e. The molecule has 0 saturated carbocycles. The summed E-state index contributed by atoms with van der Waals surface area (Å²) in [7, 11) is 1.62. The summed E-state index contributed by atoms with van der Waals surface area (Å²) in [6.45, 7) is 1.68. The first-order chi connectivity index (χ1) is 10.2. The number of hydrogen-bond acceptors (Lipinski definition) is 3. The Kier molecular flexibility index (Phi) is 5.66. The van der Waals surface area contributed by atoms with Crippen molar-refractivity contribution in [2.75, 3.05) is 20.3 Å². The topological polar surface area (TPSA) is 30.5 Å². The van der Waals surface area contributed by atoms with Gasteiger partial charge in [-0.1, -0.05) is 0 Å². The summed E-state index contributed by atoms with van der Waals surface area (Å²) in [5, 5.41) is 3.13. The molecule has 0 saturated heterocycles. The van der Waals surface area contributed by atoms with Gasteiger partial charge in [0, 0.05) is 25.8 Å². The maximum atomic E-state index is 13.4. The number of halogens is 2. The van der Waals surface area contributed by atoms with Crippen LogP contribution in [-0.4, -0.2) is 20.3 Å². The Morgan fingerprint density at radius 1 is 1.00 bits per heavy atom. The Balaban J connectivity index is 2.08.